The van der Waals surface area contributed by atoms with Gasteiger partial charge in [0, 0.05) is 5.56 Å². The lowest BCUT2D eigenvalue weighted by atomic mass is 9.80. The third-order valence-electron chi connectivity index (χ3n) is 1.70. The quantitative estimate of drug-likeness (QED) is 0.493. The molecule has 76 valence electrons. The van der Waals surface area contributed by atoms with Gasteiger partial charge in [0.05, 0.1) is 0 Å². The highest BCUT2D eigenvalue weighted by molar-refractivity contribution is 14.2. The zero-order valence-electron chi connectivity index (χ0n) is 7.12. The summed E-state index contributed by atoms with van der Waals surface area (Å²) in [6, 6.07) is 4.93. The Bertz CT molecular complexity index is 327. The van der Waals surface area contributed by atoms with E-state index in [0.29, 0.717) is 0 Å². The van der Waals surface area contributed by atoms with Crippen molar-refractivity contribution in [2.45, 2.75) is 3.93 Å². The molecular formula is C8H8BF2IO2. The fourth-order valence-electron chi connectivity index (χ4n) is 0.921. The Hall–Kier alpha value is -0.335. The van der Waals surface area contributed by atoms with E-state index in [2.05, 4.69) is 4.51 Å². The fraction of sp³-hybridized carbons (Fsp3) is 0.125. The van der Waals surface area contributed by atoms with Crippen molar-refractivity contribution >= 4 is 37.8 Å². The van der Waals surface area contributed by atoms with Crippen LogP contribution in [-0.4, -0.2) is 21.7 Å². The molecule has 14 heavy (non-hydrogen) atoms. The second-order valence-electron chi connectivity index (χ2n) is 2.63. The van der Waals surface area contributed by atoms with Crippen molar-refractivity contribution in [2.75, 3.05) is 0 Å². The van der Waals surface area contributed by atoms with Crippen LogP contribution in [-0.2, 0) is 3.93 Å². The lowest BCUT2D eigenvalue weighted by molar-refractivity contribution is 0.127. The summed E-state index contributed by atoms with van der Waals surface area (Å²) in [5.74, 6) is 0. The number of hydrogen-bond acceptors (Lipinski definition) is 2. The minimum Gasteiger partial charge on any atom is -0.423 e. The maximum absolute atomic E-state index is 13.1. The van der Waals surface area contributed by atoms with Crippen molar-refractivity contribution in [1.29, 1.82) is 0 Å². The zero-order valence-corrected chi connectivity index (χ0v) is 9.28. The summed E-state index contributed by atoms with van der Waals surface area (Å²) in [5, 5.41) is 17.5. The first-order valence-corrected chi connectivity index (χ1v) is 6.31. The van der Waals surface area contributed by atoms with Crippen LogP contribution in [0.1, 0.15) is 5.56 Å². The van der Waals surface area contributed by atoms with Gasteiger partial charge in [-0.05, 0) is 26.2 Å². The first kappa shape index (κ1) is 11.7. The maximum atomic E-state index is 13.1. The molecule has 6 heteroatoms. The van der Waals surface area contributed by atoms with Gasteiger partial charge in [0.15, 0.2) is 0 Å². The molecule has 0 unspecified atom stereocenters. The summed E-state index contributed by atoms with van der Waals surface area (Å²) in [7, 11) is -1.62. The average molecular weight is 312 g/mol. The van der Waals surface area contributed by atoms with Crippen LogP contribution in [0.15, 0.2) is 24.3 Å². The van der Waals surface area contributed by atoms with E-state index in [4.69, 9.17) is 10.0 Å². The predicted octanol–water partition coefficient (Wildman–Crippen LogP) is 0.818. The van der Waals surface area contributed by atoms with E-state index in [1.807, 2.05) is 0 Å². The molecule has 1 aromatic carbocycles. The van der Waals surface area contributed by atoms with Crippen LogP contribution in [0.4, 0.5) is 8.78 Å². The molecule has 2 nitrogen and oxygen atoms in total. The summed E-state index contributed by atoms with van der Waals surface area (Å²) in [6.45, 7) is 0. The van der Waals surface area contributed by atoms with Crippen molar-refractivity contribution in [3.63, 3.8) is 0 Å². The average Bonchev–Trinajstić information content (AvgIpc) is 2.18. The van der Waals surface area contributed by atoms with Gasteiger partial charge in [-0.15, -0.1) is 0 Å². The molecule has 0 radical (unpaired) electrons. The maximum Gasteiger partial charge on any atom is 0.488 e. The molecule has 0 saturated heterocycles. The van der Waals surface area contributed by atoms with Crippen molar-refractivity contribution in [3.05, 3.63) is 29.8 Å². The van der Waals surface area contributed by atoms with Gasteiger partial charge >= 0.3 is 11.0 Å². The van der Waals surface area contributed by atoms with E-state index in [1.165, 1.54) is 24.3 Å². The molecule has 0 fully saturated rings. The fourth-order valence-corrected chi connectivity index (χ4v) is 1.72. The standard InChI is InChI=1S/C8H8BF2IO2/c1-12-8(10,11)6-2-4-7(5-3-6)9(13)14/h2-5,13-14H,1H2. The van der Waals surface area contributed by atoms with Crippen LogP contribution in [0, 0.1) is 0 Å². The van der Waals surface area contributed by atoms with Gasteiger partial charge in [-0.3, -0.25) is 0 Å². The number of halogens is 3. The Kier molecular flexibility index (Phi) is 3.74. The van der Waals surface area contributed by atoms with Gasteiger partial charge < -0.3 is 10.0 Å². The van der Waals surface area contributed by atoms with Gasteiger partial charge in [-0.1, -0.05) is 28.8 Å². The van der Waals surface area contributed by atoms with E-state index >= 15 is 0 Å². The van der Waals surface area contributed by atoms with Crippen molar-refractivity contribution in [3.8, 4) is 0 Å². The third kappa shape index (κ3) is 2.58. The first-order valence-electron chi connectivity index (χ1n) is 3.71. The molecule has 0 aliphatic heterocycles. The summed E-state index contributed by atoms with van der Waals surface area (Å²) >= 11 is -1.45. The molecule has 2 N–H and O–H groups in total. The molecular weight excluding hydrogens is 304 g/mol. The topological polar surface area (TPSA) is 40.5 Å². The third-order valence-corrected chi connectivity index (χ3v) is 3.28. The van der Waals surface area contributed by atoms with Gasteiger partial charge in [-0.2, -0.15) is 8.78 Å². The monoisotopic (exact) mass is 312 g/mol. The van der Waals surface area contributed by atoms with E-state index in [0.717, 1.165) is 0 Å². The lowest BCUT2D eigenvalue weighted by Gasteiger charge is -2.11. The van der Waals surface area contributed by atoms with Crippen molar-refractivity contribution in [2.24, 2.45) is 0 Å². The highest BCUT2D eigenvalue weighted by Crippen LogP contribution is 2.37. The molecule has 0 bridgehead atoms. The minimum absolute atomic E-state index is 0.121. The lowest BCUT2D eigenvalue weighted by Crippen LogP contribution is -2.29. The van der Waals surface area contributed by atoms with Crippen LogP contribution >= 0.6 is 20.7 Å². The second kappa shape index (κ2) is 4.46. The van der Waals surface area contributed by atoms with Crippen molar-refractivity contribution < 1.29 is 18.8 Å². The van der Waals surface area contributed by atoms with E-state index in [1.54, 1.807) is 0 Å². The van der Waals surface area contributed by atoms with Gasteiger partial charge in [0.1, 0.15) is 0 Å². The van der Waals surface area contributed by atoms with Crippen LogP contribution in [0.3, 0.4) is 0 Å². The number of rotatable bonds is 3. The van der Waals surface area contributed by atoms with Crippen molar-refractivity contribution in [1.82, 2.24) is 0 Å². The number of hydrogen-bond donors (Lipinski definition) is 2. The zero-order chi connectivity index (χ0) is 10.8. The molecule has 1 rings (SSSR count). The number of alkyl halides is 3. The first-order chi connectivity index (χ1) is 6.47. The SMILES string of the molecule is C=IC(F)(F)c1ccc(B(O)O)cc1. The van der Waals surface area contributed by atoms with Crippen LogP contribution in [0.2, 0.25) is 0 Å². The molecule has 0 aliphatic rings. The molecule has 1 aromatic rings. The predicted molar refractivity (Wildman–Crippen MR) is 61.3 cm³/mol. The van der Waals surface area contributed by atoms with Crippen LogP contribution in [0.25, 0.3) is 0 Å². The van der Waals surface area contributed by atoms with Gasteiger partial charge in [-0.25, -0.2) is 0 Å². The van der Waals surface area contributed by atoms with Crippen LogP contribution < -0.4 is 5.46 Å². The molecule has 0 heterocycles. The van der Waals surface area contributed by atoms with E-state index in [-0.39, 0.29) is 11.0 Å². The second-order valence-corrected chi connectivity index (χ2v) is 4.74. The molecule has 0 saturated carbocycles. The van der Waals surface area contributed by atoms with Gasteiger partial charge in [0.25, 0.3) is 0 Å². The van der Waals surface area contributed by atoms with E-state index < -0.39 is 31.8 Å². The molecule has 0 amide bonds. The molecule has 0 aromatic heterocycles. The summed E-state index contributed by atoms with van der Waals surface area (Å²) < 4.78 is 26.6. The van der Waals surface area contributed by atoms with E-state index in [9.17, 15) is 8.78 Å². The smallest absolute Gasteiger partial charge is 0.423 e. The van der Waals surface area contributed by atoms with Crippen LogP contribution in [0.5, 0.6) is 0 Å². The summed E-state index contributed by atoms with van der Waals surface area (Å²) in [4.78, 5) is 0. The largest absolute Gasteiger partial charge is 0.488 e. The van der Waals surface area contributed by atoms with Gasteiger partial charge in [0.2, 0.25) is 0 Å². The molecule has 0 aliphatic carbocycles. The Morgan fingerprint density at radius 2 is 1.71 bits per heavy atom. The summed E-state index contributed by atoms with van der Waals surface area (Å²) in [5.41, 5.74) is 0.0801. The Morgan fingerprint density at radius 1 is 1.21 bits per heavy atom. The highest BCUT2D eigenvalue weighted by Gasteiger charge is 2.28. The minimum atomic E-state index is -2.85. The Morgan fingerprint density at radius 3 is 2.07 bits per heavy atom. The molecule has 0 atom stereocenters. The Labute approximate surface area is 90.5 Å². The Balaban J connectivity index is 2.99. The number of benzene rings is 1. The normalized spacial score (nSPS) is 11.4. The molecule has 0 spiro atoms. The summed E-state index contributed by atoms with van der Waals surface area (Å²) in [6.07, 6.45) is 0. The highest BCUT2D eigenvalue weighted by atomic mass is 127.